The van der Waals surface area contributed by atoms with Crippen molar-refractivity contribution in [1.29, 1.82) is 0 Å². The topological polar surface area (TPSA) is 66.8 Å². The van der Waals surface area contributed by atoms with Crippen LogP contribution in [0.3, 0.4) is 0 Å². The number of hydrogen-bond donors (Lipinski definition) is 0. The van der Waals surface area contributed by atoms with Crippen molar-refractivity contribution in [2.75, 3.05) is 13.2 Å². The lowest BCUT2D eigenvalue weighted by atomic mass is 10.2. The van der Waals surface area contributed by atoms with Crippen LogP contribution in [0.1, 0.15) is 24.0 Å². The minimum atomic E-state index is 0.512. The van der Waals surface area contributed by atoms with Crippen molar-refractivity contribution in [3.05, 3.63) is 107 Å². The van der Waals surface area contributed by atoms with E-state index in [9.17, 15) is 0 Å². The predicted molar refractivity (Wildman–Crippen MR) is 122 cm³/mol. The standard InChI is InChI=1S/C25H26N5O/c26-28-27-15-7-8-16-31-23-13-14-24-25(17-23)30(19-22-11-5-2-6-12-22)20-29(24)18-21-9-3-1-4-10-21/h1-6,9-14,17,20H,7-8,15-16,18-19H2/q+1. The Hall–Kier alpha value is -3.76. The zero-order valence-corrected chi connectivity index (χ0v) is 17.5. The van der Waals surface area contributed by atoms with Gasteiger partial charge in [0.25, 0.3) is 0 Å². The average molecular weight is 413 g/mol. The van der Waals surface area contributed by atoms with E-state index < -0.39 is 0 Å². The maximum absolute atomic E-state index is 8.35. The molecule has 31 heavy (non-hydrogen) atoms. The number of hydrogen-bond acceptors (Lipinski definition) is 2. The van der Waals surface area contributed by atoms with Crippen molar-refractivity contribution in [3.63, 3.8) is 0 Å². The van der Waals surface area contributed by atoms with Crippen LogP contribution in [0, 0.1) is 0 Å². The summed E-state index contributed by atoms with van der Waals surface area (Å²) in [7, 11) is 0. The summed E-state index contributed by atoms with van der Waals surface area (Å²) in [5.41, 5.74) is 13.2. The maximum Gasteiger partial charge on any atom is 0.245 e. The molecule has 6 nitrogen and oxygen atoms in total. The number of aromatic nitrogens is 2. The lowest BCUT2D eigenvalue weighted by Gasteiger charge is -2.05. The molecule has 6 heteroatoms. The van der Waals surface area contributed by atoms with Crippen LogP contribution in [-0.2, 0) is 13.1 Å². The van der Waals surface area contributed by atoms with Gasteiger partial charge in [0.05, 0.1) is 6.61 Å². The zero-order valence-electron chi connectivity index (χ0n) is 17.5. The van der Waals surface area contributed by atoms with Gasteiger partial charge in [0.2, 0.25) is 6.33 Å². The molecule has 0 saturated heterocycles. The van der Waals surface area contributed by atoms with Crippen molar-refractivity contribution in [2.24, 2.45) is 5.11 Å². The smallest absolute Gasteiger partial charge is 0.245 e. The highest BCUT2D eigenvalue weighted by Gasteiger charge is 2.17. The lowest BCUT2D eigenvalue weighted by molar-refractivity contribution is -0.663. The Morgan fingerprint density at radius 2 is 1.65 bits per heavy atom. The molecule has 0 fully saturated rings. The molecule has 3 aromatic carbocycles. The van der Waals surface area contributed by atoms with Gasteiger partial charge in [-0.15, -0.1) is 0 Å². The molecular formula is C25H26N5O+. The van der Waals surface area contributed by atoms with E-state index in [0.29, 0.717) is 13.2 Å². The van der Waals surface area contributed by atoms with Crippen molar-refractivity contribution >= 4 is 11.0 Å². The molecule has 0 spiro atoms. The highest BCUT2D eigenvalue weighted by Crippen LogP contribution is 2.21. The van der Waals surface area contributed by atoms with Gasteiger partial charge in [-0.2, -0.15) is 0 Å². The molecule has 0 amide bonds. The maximum atomic E-state index is 8.35. The first-order valence-corrected chi connectivity index (χ1v) is 10.6. The second-order valence-electron chi connectivity index (χ2n) is 7.50. The summed E-state index contributed by atoms with van der Waals surface area (Å²) in [6.07, 6.45) is 3.87. The average Bonchev–Trinajstić information content (AvgIpc) is 3.14. The monoisotopic (exact) mass is 412 g/mol. The van der Waals surface area contributed by atoms with Gasteiger partial charge in [-0.1, -0.05) is 65.8 Å². The van der Waals surface area contributed by atoms with Gasteiger partial charge in [-0.3, -0.25) is 0 Å². The van der Waals surface area contributed by atoms with E-state index in [1.54, 1.807) is 0 Å². The second kappa shape index (κ2) is 10.3. The molecule has 156 valence electrons. The molecule has 1 aromatic heterocycles. The Morgan fingerprint density at radius 3 is 2.39 bits per heavy atom. The van der Waals surface area contributed by atoms with Gasteiger partial charge in [0.1, 0.15) is 18.8 Å². The molecule has 0 radical (unpaired) electrons. The molecule has 1 heterocycles. The van der Waals surface area contributed by atoms with Crippen LogP contribution in [0.5, 0.6) is 5.75 Å². The van der Waals surface area contributed by atoms with Crippen LogP contribution in [0.4, 0.5) is 0 Å². The van der Waals surface area contributed by atoms with E-state index >= 15 is 0 Å². The highest BCUT2D eigenvalue weighted by molar-refractivity contribution is 5.74. The molecule has 0 bridgehead atoms. The molecule has 4 rings (SSSR count). The number of imidazole rings is 1. The first-order valence-electron chi connectivity index (χ1n) is 10.6. The third-order valence-corrected chi connectivity index (χ3v) is 5.22. The van der Waals surface area contributed by atoms with Crippen LogP contribution in [0.15, 0.2) is 90.3 Å². The summed E-state index contributed by atoms with van der Waals surface area (Å²) in [5.74, 6) is 0.857. The van der Waals surface area contributed by atoms with Crippen LogP contribution in [0.25, 0.3) is 21.5 Å². The van der Waals surface area contributed by atoms with Crippen molar-refractivity contribution in [3.8, 4) is 5.75 Å². The van der Waals surface area contributed by atoms with Gasteiger partial charge >= 0.3 is 0 Å². The SMILES string of the molecule is [N-]=[N+]=NCCCCOc1ccc2c(c1)n(Cc1ccccc1)c[n+]2Cc1ccccc1. The molecular weight excluding hydrogens is 386 g/mol. The quantitative estimate of drug-likeness (QED) is 0.112. The van der Waals surface area contributed by atoms with Gasteiger partial charge in [0.15, 0.2) is 11.0 Å². The van der Waals surface area contributed by atoms with Crippen LogP contribution >= 0.6 is 0 Å². The van der Waals surface area contributed by atoms with E-state index in [1.165, 1.54) is 16.6 Å². The van der Waals surface area contributed by atoms with E-state index in [0.717, 1.165) is 37.2 Å². The third kappa shape index (κ3) is 5.44. The fraction of sp³-hybridized carbons (Fsp3) is 0.240. The zero-order chi connectivity index (χ0) is 21.3. The van der Waals surface area contributed by atoms with Crippen molar-refractivity contribution < 1.29 is 9.30 Å². The summed E-state index contributed by atoms with van der Waals surface area (Å²) < 4.78 is 10.5. The number of azide groups is 1. The molecule has 0 aliphatic rings. The Balaban J connectivity index is 1.58. The molecule has 0 aliphatic carbocycles. The van der Waals surface area contributed by atoms with Crippen molar-refractivity contribution in [1.82, 2.24) is 4.57 Å². The summed E-state index contributed by atoms with van der Waals surface area (Å²) in [6, 6.07) is 27.3. The molecule has 0 unspecified atom stereocenters. The second-order valence-corrected chi connectivity index (χ2v) is 7.50. The Labute approximate surface area is 182 Å². The summed E-state index contributed by atoms with van der Waals surface area (Å²) in [5, 5.41) is 3.56. The first-order chi connectivity index (χ1) is 15.3. The van der Waals surface area contributed by atoms with Crippen LogP contribution in [-0.4, -0.2) is 17.7 Å². The molecule has 0 aliphatic heterocycles. The van der Waals surface area contributed by atoms with Gasteiger partial charge in [0, 0.05) is 17.5 Å². The number of benzene rings is 3. The Bertz CT molecular complexity index is 1160. The summed E-state index contributed by atoms with van der Waals surface area (Å²) >= 11 is 0. The van der Waals surface area contributed by atoms with E-state index in [-0.39, 0.29) is 0 Å². The fourth-order valence-electron chi connectivity index (χ4n) is 3.69. The van der Waals surface area contributed by atoms with Crippen LogP contribution < -0.4 is 9.30 Å². The summed E-state index contributed by atoms with van der Waals surface area (Å²) in [6.45, 7) is 2.74. The number of unbranched alkanes of at least 4 members (excludes halogenated alkanes) is 1. The Morgan fingerprint density at radius 1 is 0.903 bits per heavy atom. The van der Waals surface area contributed by atoms with Gasteiger partial charge < -0.3 is 4.74 Å². The normalized spacial score (nSPS) is 10.7. The highest BCUT2D eigenvalue weighted by atomic mass is 16.5. The van der Waals surface area contributed by atoms with E-state index in [2.05, 4.69) is 86.2 Å². The molecule has 4 aromatic rings. The lowest BCUT2D eigenvalue weighted by Crippen LogP contribution is -2.32. The number of ether oxygens (including phenoxy) is 1. The number of nitrogens with zero attached hydrogens (tertiary/aromatic N) is 5. The largest absolute Gasteiger partial charge is 0.493 e. The molecule has 0 atom stereocenters. The number of fused-ring (bicyclic) bond motifs is 1. The minimum absolute atomic E-state index is 0.512. The molecule has 0 N–H and O–H groups in total. The van der Waals surface area contributed by atoms with E-state index in [1.807, 2.05) is 18.2 Å². The van der Waals surface area contributed by atoms with E-state index in [4.69, 9.17) is 10.3 Å². The Kier molecular flexibility index (Phi) is 6.83. The van der Waals surface area contributed by atoms with Gasteiger partial charge in [-0.25, -0.2) is 9.13 Å². The predicted octanol–water partition coefficient (Wildman–Crippen LogP) is 5.49. The number of rotatable bonds is 10. The van der Waals surface area contributed by atoms with Crippen LogP contribution in [0.2, 0.25) is 0 Å². The van der Waals surface area contributed by atoms with Crippen molar-refractivity contribution in [2.45, 2.75) is 25.9 Å². The third-order valence-electron chi connectivity index (χ3n) is 5.22. The minimum Gasteiger partial charge on any atom is -0.493 e. The molecule has 0 saturated carbocycles. The summed E-state index contributed by atoms with van der Waals surface area (Å²) in [4.78, 5) is 2.78. The van der Waals surface area contributed by atoms with Gasteiger partial charge in [-0.05, 0) is 41.6 Å². The fourth-order valence-corrected chi connectivity index (χ4v) is 3.69. The first kappa shape index (κ1) is 20.5.